The molecule has 0 unspecified atom stereocenters. The normalized spacial score (nSPS) is 11.5. The van der Waals surface area contributed by atoms with Crippen LogP contribution in [0.15, 0.2) is 48.1 Å². The fourth-order valence-corrected chi connectivity index (χ4v) is 2.72. The molecule has 0 aromatic carbocycles. The monoisotopic (exact) mass is 334 g/mol. The van der Waals surface area contributed by atoms with Crippen LogP contribution in [0, 0.1) is 0 Å². The Hall–Kier alpha value is -2.79. The summed E-state index contributed by atoms with van der Waals surface area (Å²) < 4.78 is 27.7. The predicted octanol–water partition coefficient (Wildman–Crippen LogP) is -0.224. The highest BCUT2D eigenvalue weighted by Crippen LogP contribution is 2.05. The maximum Gasteiger partial charge on any atom is 0.257 e. The van der Waals surface area contributed by atoms with E-state index in [0.717, 1.165) is 0 Å². The van der Waals surface area contributed by atoms with Gasteiger partial charge in [0.05, 0.1) is 12.5 Å². The van der Waals surface area contributed by atoms with Crippen LogP contribution in [-0.4, -0.2) is 51.5 Å². The molecular weight excluding hydrogens is 320 g/mol. The summed E-state index contributed by atoms with van der Waals surface area (Å²) in [6.45, 7) is 0.563. The van der Waals surface area contributed by atoms with E-state index in [1.54, 1.807) is 35.3 Å². The molecule has 3 aromatic rings. The van der Waals surface area contributed by atoms with E-state index in [4.69, 9.17) is 0 Å². The number of hydrogen-bond acceptors (Lipinski definition) is 7. The van der Waals surface area contributed by atoms with Crippen molar-refractivity contribution in [3.05, 3.63) is 43.1 Å². The molecule has 0 saturated heterocycles. The molecule has 0 aliphatic heterocycles. The minimum atomic E-state index is -3.56. The van der Waals surface area contributed by atoms with Crippen LogP contribution < -0.4 is 10.0 Å². The standard InChI is InChI=1S/C12H14N8O2S/c21-23(22,12-8-13-9-15-12)17-6-5-14-10-2-3-11(19-18-10)20-7-1-4-16-20/h1-4,7-9,17H,5-6H2,(H,13,15)(H,14,18). The highest BCUT2D eigenvalue weighted by atomic mass is 32.2. The van der Waals surface area contributed by atoms with Crippen molar-refractivity contribution in [2.75, 3.05) is 18.4 Å². The lowest BCUT2D eigenvalue weighted by molar-refractivity contribution is 0.579. The van der Waals surface area contributed by atoms with E-state index < -0.39 is 10.0 Å². The van der Waals surface area contributed by atoms with Gasteiger partial charge in [0.1, 0.15) is 5.82 Å². The zero-order valence-corrected chi connectivity index (χ0v) is 12.7. The molecule has 10 nitrogen and oxygen atoms in total. The number of nitrogens with zero attached hydrogens (tertiary/aromatic N) is 5. The van der Waals surface area contributed by atoms with Crippen LogP contribution in [0.1, 0.15) is 0 Å². The molecule has 0 bridgehead atoms. The SMILES string of the molecule is O=S(=O)(NCCNc1ccc(-n2cccn2)nn1)c1cnc[nH]1. The maximum atomic E-state index is 11.8. The van der Waals surface area contributed by atoms with Gasteiger partial charge in [-0.1, -0.05) is 0 Å². The quantitative estimate of drug-likeness (QED) is 0.509. The van der Waals surface area contributed by atoms with Crippen molar-refractivity contribution >= 4 is 15.8 Å². The molecular formula is C12H14N8O2S. The lowest BCUT2D eigenvalue weighted by atomic mass is 10.5. The summed E-state index contributed by atoms with van der Waals surface area (Å²) >= 11 is 0. The lowest BCUT2D eigenvalue weighted by Gasteiger charge is -2.07. The average molecular weight is 334 g/mol. The summed E-state index contributed by atoms with van der Waals surface area (Å²) in [5, 5.41) is 15.1. The molecule has 120 valence electrons. The second kappa shape index (κ2) is 6.54. The van der Waals surface area contributed by atoms with Gasteiger partial charge in [0.25, 0.3) is 10.0 Å². The topological polar surface area (TPSA) is 130 Å². The molecule has 0 spiro atoms. The number of H-pyrrole nitrogens is 1. The van der Waals surface area contributed by atoms with Gasteiger partial charge in [0.15, 0.2) is 10.8 Å². The van der Waals surface area contributed by atoms with E-state index in [9.17, 15) is 8.42 Å². The van der Waals surface area contributed by atoms with E-state index in [1.807, 2.05) is 0 Å². The number of anilines is 1. The smallest absolute Gasteiger partial charge is 0.257 e. The van der Waals surface area contributed by atoms with Crippen molar-refractivity contribution in [1.82, 2.24) is 34.7 Å². The number of aromatic nitrogens is 6. The Bertz CT molecular complexity index is 828. The molecule has 0 amide bonds. The van der Waals surface area contributed by atoms with Gasteiger partial charge < -0.3 is 10.3 Å². The predicted molar refractivity (Wildman–Crippen MR) is 81.4 cm³/mol. The van der Waals surface area contributed by atoms with Crippen molar-refractivity contribution in [1.29, 1.82) is 0 Å². The van der Waals surface area contributed by atoms with Crippen LogP contribution in [0.3, 0.4) is 0 Å². The van der Waals surface area contributed by atoms with Gasteiger partial charge in [-0.3, -0.25) is 0 Å². The molecule has 0 saturated carbocycles. The van der Waals surface area contributed by atoms with E-state index >= 15 is 0 Å². The molecule has 0 radical (unpaired) electrons. The molecule has 3 rings (SSSR count). The first kappa shape index (κ1) is 15.1. The summed E-state index contributed by atoms with van der Waals surface area (Å²) in [5.41, 5.74) is 0. The minimum Gasteiger partial charge on any atom is -0.367 e. The van der Waals surface area contributed by atoms with Crippen LogP contribution >= 0.6 is 0 Å². The second-order valence-corrected chi connectivity index (χ2v) is 6.20. The first-order valence-corrected chi connectivity index (χ1v) is 8.19. The van der Waals surface area contributed by atoms with Gasteiger partial charge in [-0.25, -0.2) is 22.8 Å². The molecule has 3 aromatic heterocycles. The summed E-state index contributed by atoms with van der Waals surface area (Å²) in [6, 6.07) is 5.30. The number of imidazole rings is 1. The molecule has 0 atom stereocenters. The number of rotatable bonds is 7. The van der Waals surface area contributed by atoms with Crippen LogP contribution in [0.2, 0.25) is 0 Å². The Morgan fingerprint density at radius 2 is 2.13 bits per heavy atom. The average Bonchev–Trinajstić information content (AvgIpc) is 3.25. The third-order valence-corrected chi connectivity index (χ3v) is 4.26. The van der Waals surface area contributed by atoms with Gasteiger partial charge >= 0.3 is 0 Å². The van der Waals surface area contributed by atoms with Crippen LogP contribution in [0.5, 0.6) is 0 Å². The number of sulfonamides is 1. The van der Waals surface area contributed by atoms with Gasteiger partial charge in [-0.2, -0.15) is 5.10 Å². The molecule has 0 aliphatic carbocycles. The number of nitrogens with one attached hydrogen (secondary N) is 3. The highest BCUT2D eigenvalue weighted by Gasteiger charge is 2.14. The summed E-state index contributed by atoms with van der Waals surface area (Å²) in [6.07, 6.45) is 5.97. The van der Waals surface area contributed by atoms with Gasteiger partial charge in [-0.15, -0.1) is 10.2 Å². The largest absolute Gasteiger partial charge is 0.367 e. The maximum absolute atomic E-state index is 11.8. The summed E-state index contributed by atoms with van der Waals surface area (Å²) in [4.78, 5) is 6.22. The van der Waals surface area contributed by atoms with E-state index in [-0.39, 0.29) is 11.6 Å². The molecule has 23 heavy (non-hydrogen) atoms. The fourth-order valence-electron chi connectivity index (χ4n) is 1.79. The first-order valence-electron chi connectivity index (χ1n) is 6.71. The van der Waals surface area contributed by atoms with Crippen molar-refractivity contribution in [2.45, 2.75) is 5.03 Å². The Balaban J connectivity index is 1.49. The summed E-state index contributed by atoms with van der Waals surface area (Å²) in [7, 11) is -3.56. The van der Waals surface area contributed by atoms with Crippen molar-refractivity contribution in [3.8, 4) is 5.82 Å². The van der Waals surface area contributed by atoms with Gasteiger partial charge in [0.2, 0.25) is 0 Å². The van der Waals surface area contributed by atoms with Gasteiger partial charge in [0, 0.05) is 25.5 Å². The third kappa shape index (κ3) is 3.70. The summed E-state index contributed by atoms with van der Waals surface area (Å²) in [5.74, 6) is 1.14. The van der Waals surface area contributed by atoms with Crippen molar-refractivity contribution < 1.29 is 8.42 Å². The lowest BCUT2D eigenvalue weighted by Crippen LogP contribution is -2.29. The van der Waals surface area contributed by atoms with Gasteiger partial charge in [-0.05, 0) is 18.2 Å². The zero-order valence-electron chi connectivity index (χ0n) is 11.9. The number of aromatic amines is 1. The molecule has 0 aliphatic rings. The second-order valence-electron chi connectivity index (χ2n) is 4.47. The highest BCUT2D eigenvalue weighted by molar-refractivity contribution is 7.89. The Kier molecular flexibility index (Phi) is 4.30. The zero-order chi connectivity index (χ0) is 16.1. The van der Waals surface area contributed by atoms with E-state index in [0.29, 0.717) is 18.2 Å². The number of hydrogen-bond donors (Lipinski definition) is 3. The van der Waals surface area contributed by atoms with Crippen molar-refractivity contribution in [3.63, 3.8) is 0 Å². The first-order chi connectivity index (χ1) is 11.1. The fraction of sp³-hybridized carbons (Fsp3) is 0.167. The Labute approximate surface area is 132 Å². The third-order valence-electron chi connectivity index (χ3n) is 2.88. The van der Waals surface area contributed by atoms with E-state index in [2.05, 4.69) is 35.3 Å². The molecule has 3 N–H and O–H groups in total. The molecule has 3 heterocycles. The van der Waals surface area contributed by atoms with Crippen LogP contribution in [0.4, 0.5) is 5.82 Å². The van der Waals surface area contributed by atoms with Crippen molar-refractivity contribution in [2.24, 2.45) is 0 Å². The minimum absolute atomic E-state index is 0.0286. The molecule has 0 fully saturated rings. The Morgan fingerprint density at radius 3 is 2.78 bits per heavy atom. The van der Waals surface area contributed by atoms with Crippen LogP contribution in [0.25, 0.3) is 5.82 Å². The van der Waals surface area contributed by atoms with Crippen LogP contribution in [-0.2, 0) is 10.0 Å². The molecule has 11 heteroatoms. The van der Waals surface area contributed by atoms with E-state index in [1.165, 1.54) is 12.5 Å². The Morgan fingerprint density at radius 1 is 1.22 bits per heavy atom.